The van der Waals surface area contributed by atoms with Gasteiger partial charge in [-0.15, -0.1) is 0 Å². The van der Waals surface area contributed by atoms with E-state index in [1.807, 2.05) is 44.2 Å². The molecule has 0 spiro atoms. The molecule has 0 fully saturated rings. The van der Waals surface area contributed by atoms with Crippen molar-refractivity contribution in [3.8, 4) is 11.5 Å². The normalized spacial score (nSPS) is 13.9. The molecule has 2 aromatic rings. The van der Waals surface area contributed by atoms with Crippen LogP contribution in [0.25, 0.3) is 0 Å². The highest BCUT2D eigenvalue weighted by molar-refractivity contribution is 6.61. The van der Waals surface area contributed by atoms with Crippen molar-refractivity contribution in [3.05, 3.63) is 53.6 Å². The second-order valence-corrected chi connectivity index (χ2v) is 9.82. The molecule has 0 saturated heterocycles. The van der Waals surface area contributed by atoms with Gasteiger partial charge in [-0.25, -0.2) is 4.79 Å². The lowest BCUT2D eigenvalue weighted by Crippen LogP contribution is -2.48. The molecule has 1 unspecified atom stereocenters. The van der Waals surface area contributed by atoms with Gasteiger partial charge in [-0.05, 0) is 74.0 Å². The molecule has 1 heterocycles. The maximum absolute atomic E-state index is 12.7. The third-order valence-corrected chi connectivity index (χ3v) is 5.12. The highest BCUT2D eigenvalue weighted by Gasteiger charge is 2.27. The third-order valence-electron chi connectivity index (χ3n) is 5.12. The summed E-state index contributed by atoms with van der Waals surface area (Å²) in [6.45, 7) is 9.99. The summed E-state index contributed by atoms with van der Waals surface area (Å²) in [5.74, 6) is 1.26. The van der Waals surface area contributed by atoms with Gasteiger partial charge in [0.25, 0.3) is 0 Å². The summed E-state index contributed by atoms with van der Waals surface area (Å²) in [6, 6.07) is 12.1. The first-order valence-electron chi connectivity index (χ1n) is 11.5. The van der Waals surface area contributed by atoms with E-state index in [0.29, 0.717) is 31.1 Å². The smallest absolute Gasteiger partial charge is 0.457 e. The Hall–Kier alpha value is -3.04. The molecule has 9 heteroatoms. The average molecular weight is 468 g/mol. The van der Waals surface area contributed by atoms with Gasteiger partial charge < -0.3 is 29.8 Å². The topological polar surface area (TPSA) is 106 Å². The molecular weight excluding hydrogens is 435 g/mol. The van der Waals surface area contributed by atoms with Crippen LogP contribution < -0.4 is 20.8 Å². The highest BCUT2D eigenvalue weighted by atomic mass is 16.6. The molecule has 182 valence electrons. The number of hydrogen-bond donors (Lipinski definition) is 3. The first-order chi connectivity index (χ1) is 16.0. The van der Waals surface area contributed by atoms with Crippen molar-refractivity contribution in [1.29, 1.82) is 0 Å². The number of carbonyl (C=O) groups is 2. The minimum absolute atomic E-state index is 0.219. The zero-order chi connectivity index (χ0) is 24.9. The fraction of sp³-hybridized carbons (Fsp3) is 0.440. The third kappa shape index (κ3) is 7.50. The van der Waals surface area contributed by atoms with Crippen LogP contribution in [0.5, 0.6) is 11.5 Å². The van der Waals surface area contributed by atoms with Crippen molar-refractivity contribution >= 4 is 24.6 Å². The average Bonchev–Trinajstić information content (AvgIpc) is 3.11. The van der Waals surface area contributed by atoms with E-state index in [2.05, 4.69) is 10.6 Å². The van der Waals surface area contributed by atoms with E-state index in [1.54, 1.807) is 32.9 Å². The van der Waals surface area contributed by atoms with Crippen molar-refractivity contribution in [2.75, 3.05) is 0 Å². The molecule has 8 nitrogen and oxygen atoms in total. The largest absolute Gasteiger partial charge is 0.491 e. The highest BCUT2D eigenvalue weighted by Crippen LogP contribution is 2.24. The summed E-state index contributed by atoms with van der Waals surface area (Å²) in [7, 11) is -0.877. The lowest BCUT2D eigenvalue weighted by atomic mass is 9.80. The summed E-state index contributed by atoms with van der Waals surface area (Å²) >= 11 is 0. The Morgan fingerprint density at radius 1 is 1.12 bits per heavy atom. The Labute approximate surface area is 201 Å². The Kier molecular flexibility index (Phi) is 8.22. The second-order valence-electron chi connectivity index (χ2n) is 9.82. The first-order valence-corrected chi connectivity index (χ1v) is 11.5. The Morgan fingerprint density at radius 3 is 2.44 bits per heavy atom. The number of carbonyl (C=O) groups excluding carboxylic acids is 2. The van der Waals surface area contributed by atoms with Crippen LogP contribution in [0.15, 0.2) is 42.5 Å². The zero-order valence-electron chi connectivity index (χ0n) is 20.4. The predicted octanol–water partition coefficient (Wildman–Crippen LogP) is 3.25. The Morgan fingerprint density at radius 2 is 1.79 bits per heavy atom. The summed E-state index contributed by atoms with van der Waals surface area (Å²) in [6.07, 6.45) is -0.108. The van der Waals surface area contributed by atoms with E-state index in [4.69, 9.17) is 14.1 Å². The first kappa shape index (κ1) is 25.6. The molecule has 3 rings (SSSR count). The van der Waals surface area contributed by atoms with Crippen molar-refractivity contribution in [3.63, 3.8) is 0 Å². The van der Waals surface area contributed by atoms with Gasteiger partial charge in [0.1, 0.15) is 23.1 Å². The molecule has 0 saturated carbocycles. The summed E-state index contributed by atoms with van der Waals surface area (Å²) in [5.41, 5.74) is 1.92. The van der Waals surface area contributed by atoms with Gasteiger partial charge in [0, 0.05) is 6.54 Å². The molecule has 1 aliphatic rings. The van der Waals surface area contributed by atoms with Gasteiger partial charge in [-0.1, -0.05) is 32.0 Å². The molecule has 0 aromatic heterocycles. The Balaban J connectivity index is 1.54. The predicted molar refractivity (Wildman–Crippen MR) is 130 cm³/mol. The van der Waals surface area contributed by atoms with Crippen LogP contribution in [-0.2, 0) is 27.3 Å². The lowest BCUT2D eigenvalue weighted by molar-refractivity contribution is -0.123. The number of hydrogen-bond acceptors (Lipinski definition) is 6. The molecule has 2 amide bonds. The summed E-state index contributed by atoms with van der Waals surface area (Å²) in [5, 5.41) is 15.3. The maximum Gasteiger partial charge on any atom is 0.491 e. The number of amides is 2. The maximum atomic E-state index is 12.7. The molecule has 0 aliphatic carbocycles. The standard InChI is InChI=1S/C25H33BN2O6/c1-16(2)12-22(28-24(30)34-25(3,4)5)23(29)27-14-17-6-8-19(9-7-17)33-20-10-11-21-18(13-20)15-32-26(21)31/h6-11,13,16,22,31H,12,14-15H2,1-5H3,(H,27,29)(H,28,30). The summed E-state index contributed by atoms with van der Waals surface area (Å²) < 4.78 is 16.4. The minimum atomic E-state index is -0.877. The molecular formula is C25H33BN2O6. The van der Waals surface area contributed by atoms with Crippen molar-refractivity contribution in [1.82, 2.24) is 10.6 Å². The number of nitrogens with one attached hydrogen (secondary N) is 2. The lowest BCUT2D eigenvalue weighted by Gasteiger charge is -2.24. The fourth-order valence-corrected chi connectivity index (χ4v) is 3.55. The van der Waals surface area contributed by atoms with E-state index >= 15 is 0 Å². The van der Waals surface area contributed by atoms with Crippen LogP contribution in [0.1, 0.15) is 52.2 Å². The van der Waals surface area contributed by atoms with E-state index in [9.17, 15) is 14.6 Å². The van der Waals surface area contributed by atoms with E-state index in [0.717, 1.165) is 16.6 Å². The van der Waals surface area contributed by atoms with Gasteiger partial charge in [0.2, 0.25) is 5.91 Å². The van der Waals surface area contributed by atoms with Crippen LogP contribution >= 0.6 is 0 Å². The van der Waals surface area contributed by atoms with Crippen LogP contribution in [0.4, 0.5) is 4.79 Å². The van der Waals surface area contributed by atoms with Crippen molar-refractivity contribution in [2.24, 2.45) is 5.92 Å². The van der Waals surface area contributed by atoms with Crippen LogP contribution in [-0.4, -0.2) is 35.8 Å². The zero-order valence-corrected chi connectivity index (χ0v) is 20.4. The number of benzene rings is 2. The molecule has 0 bridgehead atoms. The molecule has 34 heavy (non-hydrogen) atoms. The molecule has 1 atom stereocenters. The van der Waals surface area contributed by atoms with Crippen molar-refractivity contribution in [2.45, 2.75) is 65.8 Å². The number of rotatable bonds is 8. The quantitative estimate of drug-likeness (QED) is 0.514. The van der Waals surface area contributed by atoms with E-state index < -0.39 is 24.9 Å². The van der Waals surface area contributed by atoms with Gasteiger partial charge in [-0.3, -0.25) is 4.79 Å². The molecule has 0 radical (unpaired) electrons. The van der Waals surface area contributed by atoms with Gasteiger partial charge in [-0.2, -0.15) is 0 Å². The van der Waals surface area contributed by atoms with Gasteiger partial charge >= 0.3 is 13.2 Å². The minimum Gasteiger partial charge on any atom is -0.457 e. The monoisotopic (exact) mass is 468 g/mol. The molecule has 3 N–H and O–H groups in total. The molecule has 1 aliphatic heterocycles. The Bertz CT molecular complexity index is 1000. The number of fused-ring (bicyclic) bond motifs is 1. The van der Waals surface area contributed by atoms with Crippen molar-refractivity contribution < 1.29 is 28.7 Å². The SMILES string of the molecule is CC(C)CC(NC(=O)OC(C)(C)C)C(=O)NCc1ccc(Oc2ccc3c(c2)COB3O)cc1. The number of alkyl carbamates (subject to hydrolysis) is 1. The van der Waals surface area contributed by atoms with Gasteiger partial charge in [0.05, 0.1) is 6.61 Å². The van der Waals surface area contributed by atoms with Crippen LogP contribution in [0.3, 0.4) is 0 Å². The number of ether oxygens (including phenoxy) is 2. The molecule has 2 aromatic carbocycles. The summed E-state index contributed by atoms with van der Waals surface area (Å²) in [4.78, 5) is 24.9. The fourth-order valence-electron chi connectivity index (χ4n) is 3.55. The van der Waals surface area contributed by atoms with E-state index in [1.165, 1.54) is 0 Å². The van der Waals surface area contributed by atoms with E-state index in [-0.39, 0.29) is 11.8 Å². The second kappa shape index (κ2) is 10.9. The van der Waals surface area contributed by atoms with Gasteiger partial charge in [0.15, 0.2) is 0 Å². The van der Waals surface area contributed by atoms with Crippen LogP contribution in [0, 0.1) is 5.92 Å². The van der Waals surface area contributed by atoms with Crippen LogP contribution in [0.2, 0.25) is 0 Å².